The molecule has 2 rings (SSSR count). The summed E-state index contributed by atoms with van der Waals surface area (Å²) in [5.74, 6) is -3.08. The average molecular weight is 268 g/mol. The highest BCUT2D eigenvalue weighted by Crippen LogP contribution is 2.12. The first kappa shape index (κ1) is 16.3. The molecule has 6 nitrogen and oxygen atoms in total. The molecule has 0 unspecified atom stereocenters. The van der Waals surface area contributed by atoms with Crippen molar-refractivity contribution in [3.63, 3.8) is 0 Å². The van der Waals surface area contributed by atoms with Crippen LogP contribution in [0.4, 0.5) is 10.1 Å². The Bertz CT molecular complexity index is 535. The zero-order chi connectivity index (χ0) is 13.5. The van der Waals surface area contributed by atoms with Crippen LogP contribution in [0.3, 0.4) is 0 Å². The summed E-state index contributed by atoms with van der Waals surface area (Å²) in [4.78, 5) is 13.0. The Labute approximate surface area is 108 Å². The van der Waals surface area contributed by atoms with Gasteiger partial charge in [-0.05, 0) is 12.1 Å². The van der Waals surface area contributed by atoms with Crippen LogP contribution in [-0.4, -0.2) is 16.6 Å². The summed E-state index contributed by atoms with van der Waals surface area (Å²) in [5, 5.41) is 18.8. The third-order valence-corrected chi connectivity index (χ3v) is 1.92. The topological polar surface area (TPSA) is 132 Å². The lowest BCUT2D eigenvalue weighted by atomic mass is 10.2. The SMILES string of the molecule is Nc1cc[nH+]cc1.O.O=C(O)c1ccc([O-])c(F)c1. The van der Waals surface area contributed by atoms with Gasteiger partial charge in [-0.1, -0.05) is 11.8 Å². The van der Waals surface area contributed by atoms with Gasteiger partial charge >= 0.3 is 5.97 Å². The van der Waals surface area contributed by atoms with E-state index in [1.165, 1.54) is 0 Å². The van der Waals surface area contributed by atoms with Gasteiger partial charge in [-0.25, -0.2) is 14.2 Å². The number of aromatic carboxylic acids is 1. The van der Waals surface area contributed by atoms with E-state index in [2.05, 4.69) is 4.98 Å². The normalized spacial score (nSPS) is 8.68. The van der Waals surface area contributed by atoms with Gasteiger partial charge in [0.05, 0.1) is 5.56 Å². The number of carboxylic acid groups (broad SMARTS) is 1. The van der Waals surface area contributed by atoms with Crippen molar-refractivity contribution in [2.24, 2.45) is 0 Å². The number of carbonyl (C=O) groups is 1. The van der Waals surface area contributed by atoms with Crippen LogP contribution in [0.5, 0.6) is 5.75 Å². The number of nitrogen functional groups attached to an aromatic ring is 1. The molecular weight excluding hydrogens is 255 g/mol. The molecule has 19 heavy (non-hydrogen) atoms. The fraction of sp³-hybridized carbons (Fsp3) is 0. The Kier molecular flexibility index (Phi) is 6.55. The molecule has 0 fully saturated rings. The molecule has 1 aromatic heterocycles. The van der Waals surface area contributed by atoms with Crippen molar-refractivity contribution in [2.45, 2.75) is 0 Å². The zero-order valence-corrected chi connectivity index (χ0v) is 9.76. The number of carboxylic acids is 1. The minimum Gasteiger partial charge on any atom is -0.870 e. The number of hydrogen-bond donors (Lipinski definition) is 2. The second kappa shape index (κ2) is 7.62. The van der Waals surface area contributed by atoms with Crippen molar-refractivity contribution < 1.29 is 29.9 Å². The first-order valence-corrected chi connectivity index (χ1v) is 4.92. The first-order chi connectivity index (χ1) is 8.50. The largest absolute Gasteiger partial charge is 0.870 e. The van der Waals surface area contributed by atoms with E-state index in [0.29, 0.717) is 6.07 Å². The van der Waals surface area contributed by atoms with Crippen LogP contribution in [0.15, 0.2) is 42.7 Å². The number of H-pyrrole nitrogens is 1. The number of halogens is 1. The van der Waals surface area contributed by atoms with E-state index in [1.54, 1.807) is 24.5 Å². The van der Waals surface area contributed by atoms with Gasteiger partial charge in [-0.2, -0.15) is 0 Å². The average Bonchev–Trinajstić information content (AvgIpc) is 2.34. The Hall–Kier alpha value is -2.67. The number of pyridine rings is 1. The minimum absolute atomic E-state index is 0. The zero-order valence-electron chi connectivity index (χ0n) is 9.76. The highest BCUT2D eigenvalue weighted by molar-refractivity contribution is 5.87. The smallest absolute Gasteiger partial charge is 0.335 e. The Morgan fingerprint density at radius 3 is 2.21 bits per heavy atom. The summed E-state index contributed by atoms with van der Waals surface area (Å²) in [5.41, 5.74) is 5.91. The van der Waals surface area contributed by atoms with Crippen LogP contribution in [-0.2, 0) is 0 Å². The molecule has 0 radical (unpaired) electrons. The highest BCUT2D eigenvalue weighted by atomic mass is 19.1. The molecule has 0 spiro atoms. The summed E-state index contributed by atoms with van der Waals surface area (Å²) in [6, 6.07) is 6.26. The number of aromatic nitrogens is 1. The van der Waals surface area contributed by atoms with E-state index in [1.807, 2.05) is 0 Å². The van der Waals surface area contributed by atoms with Crippen LogP contribution < -0.4 is 15.8 Å². The van der Waals surface area contributed by atoms with Gasteiger partial charge < -0.3 is 21.4 Å². The molecule has 7 heteroatoms. The quantitative estimate of drug-likeness (QED) is 0.744. The number of anilines is 1. The van der Waals surface area contributed by atoms with E-state index in [9.17, 15) is 14.3 Å². The summed E-state index contributed by atoms with van der Waals surface area (Å²) < 4.78 is 12.4. The molecule has 0 aliphatic heterocycles. The predicted octanol–water partition coefficient (Wildman–Crippen LogP) is -0.144. The van der Waals surface area contributed by atoms with Gasteiger partial charge in [-0.3, -0.25) is 0 Å². The van der Waals surface area contributed by atoms with Crippen LogP contribution >= 0.6 is 0 Å². The van der Waals surface area contributed by atoms with E-state index in [0.717, 1.165) is 17.8 Å². The lowest BCUT2D eigenvalue weighted by Crippen LogP contribution is -2.00. The summed E-state index contributed by atoms with van der Waals surface area (Å²) >= 11 is 0. The maximum absolute atomic E-state index is 12.4. The van der Waals surface area contributed by atoms with Crippen LogP contribution in [0.25, 0.3) is 0 Å². The fourth-order valence-corrected chi connectivity index (χ4v) is 1.03. The number of benzene rings is 1. The monoisotopic (exact) mass is 268 g/mol. The molecular formula is C12H13FN2O4. The second-order valence-corrected chi connectivity index (χ2v) is 3.28. The molecule has 2 aromatic rings. The van der Waals surface area contributed by atoms with E-state index in [-0.39, 0.29) is 11.0 Å². The maximum Gasteiger partial charge on any atom is 0.335 e. The summed E-state index contributed by atoms with van der Waals surface area (Å²) in [7, 11) is 0. The first-order valence-electron chi connectivity index (χ1n) is 4.92. The van der Waals surface area contributed by atoms with Crippen LogP contribution in [0.1, 0.15) is 10.4 Å². The molecule has 0 atom stereocenters. The molecule has 0 bridgehead atoms. The third-order valence-electron chi connectivity index (χ3n) is 1.92. The molecule has 0 aliphatic carbocycles. The number of nitrogens with two attached hydrogens (primary N) is 1. The Morgan fingerprint density at radius 1 is 1.26 bits per heavy atom. The highest BCUT2D eigenvalue weighted by Gasteiger charge is 2.02. The number of aromatic amines is 1. The number of rotatable bonds is 1. The van der Waals surface area contributed by atoms with Crippen LogP contribution in [0, 0.1) is 5.82 Å². The number of nitrogens with one attached hydrogen (secondary N) is 1. The molecule has 0 amide bonds. The second-order valence-electron chi connectivity index (χ2n) is 3.28. The molecule has 102 valence electrons. The van der Waals surface area contributed by atoms with E-state index in [4.69, 9.17) is 10.8 Å². The van der Waals surface area contributed by atoms with Crippen molar-refractivity contribution in [1.82, 2.24) is 0 Å². The molecule has 0 saturated heterocycles. The van der Waals surface area contributed by atoms with E-state index >= 15 is 0 Å². The van der Waals surface area contributed by atoms with Crippen molar-refractivity contribution in [3.8, 4) is 5.75 Å². The van der Waals surface area contributed by atoms with Gasteiger partial charge in [0.2, 0.25) is 0 Å². The fourth-order valence-electron chi connectivity index (χ4n) is 1.03. The Balaban J connectivity index is 0.000000352. The van der Waals surface area contributed by atoms with Gasteiger partial charge in [0.15, 0.2) is 12.4 Å². The van der Waals surface area contributed by atoms with Crippen molar-refractivity contribution >= 4 is 11.7 Å². The Morgan fingerprint density at radius 2 is 1.84 bits per heavy atom. The standard InChI is InChI=1S/C7H5FO3.C5H6N2.H2O/c8-5-3-4(7(10)11)1-2-6(5)9;6-5-1-3-7-4-2-5;/h1-3,9H,(H,10,11);1-4H,(H2,6,7);1H2. The molecule has 1 aromatic carbocycles. The summed E-state index contributed by atoms with van der Waals surface area (Å²) in [6.45, 7) is 0. The molecule has 1 heterocycles. The molecule has 0 aliphatic rings. The third kappa shape index (κ3) is 5.46. The van der Waals surface area contributed by atoms with Crippen molar-refractivity contribution in [3.05, 3.63) is 54.1 Å². The van der Waals surface area contributed by atoms with Crippen molar-refractivity contribution in [1.29, 1.82) is 0 Å². The maximum atomic E-state index is 12.4. The number of hydrogen-bond acceptors (Lipinski definition) is 3. The minimum atomic E-state index is -1.25. The van der Waals surface area contributed by atoms with Gasteiger partial charge in [0.25, 0.3) is 0 Å². The van der Waals surface area contributed by atoms with Crippen LogP contribution in [0.2, 0.25) is 0 Å². The lowest BCUT2D eigenvalue weighted by molar-refractivity contribution is -0.377. The van der Waals surface area contributed by atoms with E-state index < -0.39 is 17.5 Å². The van der Waals surface area contributed by atoms with Gasteiger partial charge in [0, 0.05) is 17.8 Å². The lowest BCUT2D eigenvalue weighted by Gasteiger charge is -2.05. The molecule has 6 N–H and O–H groups in total. The predicted molar refractivity (Wildman–Crippen MR) is 63.8 cm³/mol. The van der Waals surface area contributed by atoms with Crippen molar-refractivity contribution in [2.75, 3.05) is 5.73 Å². The summed E-state index contributed by atoms with van der Waals surface area (Å²) in [6.07, 6.45) is 3.57. The van der Waals surface area contributed by atoms with Gasteiger partial charge in [-0.15, -0.1) is 0 Å². The van der Waals surface area contributed by atoms with Gasteiger partial charge in [0.1, 0.15) is 5.82 Å². The molecule has 0 saturated carbocycles.